The fraction of sp³-hybridized carbons (Fsp3) is 0.280. The Morgan fingerprint density at radius 1 is 1.08 bits per heavy atom. The number of benzene rings is 2. The number of nitrogens with zero attached hydrogens (tertiary/aromatic N) is 3. The van der Waals surface area contributed by atoms with Gasteiger partial charge in [-0.25, -0.2) is 23.9 Å². The maximum Gasteiger partial charge on any atom is 0.417 e. The Balaban J connectivity index is 1.88. The van der Waals surface area contributed by atoms with Gasteiger partial charge in [-0.15, -0.1) is 0 Å². The third-order valence-electron chi connectivity index (χ3n) is 5.05. The SMILES string of the molecule is CN(CC(c1ccc(OC(=O)c2c(Cl)cc(Cl)cc2Cl)cc1)c1nccn1C(=O)O)C(=O)OC(C)(C)C. The van der Waals surface area contributed by atoms with Crippen LogP contribution in [0.2, 0.25) is 15.1 Å². The van der Waals surface area contributed by atoms with Crippen molar-refractivity contribution in [2.45, 2.75) is 32.3 Å². The standard InChI is InChI=1S/C25H24Cl3N3O6/c1-25(2,3)37-24(35)30(4)13-17(21-29-9-10-31(21)23(33)34)14-5-7-16(8-6-14)36-22(32)20-18(27)11-15(26)12-19(20)28/h5-12,17H,13H2,1-4H3,(H,33,34). The summed E-state index contributed by atoms with van der Waals surface area (Å²) in [7, 11) is 1.55. The van der Waals surface area contributed by atoms with Gasteiger partial charge in [0, 0.05) is 31.0 Å². The van der Waals surface area contributed by atoms with Crippen molar-refractivity contribution >= 4 is 53.0 Å². The van der Waals surface area contributed by atoms with Gasteiger partial charge in [-0.1, -0.05) is 46.9 Å². The minimum atomic E-state index is -1.22. The van der Waals surface area contributed by atoms with Gasteiger partial charge in [-0.3, -0.25) is 0 Å². The van der Waals surface area contributed by atoms with E-state index in [0.717, 1.165) is 4.57 Å². The van der Waals surface area contributed by atoms with E-state index >= 15 is 0 Å². The summed E-state index contributed by atoms with van der Waals surface area (Å²) in [5.74, 6) is -1.03. The van der Waals surface area contributed by atoms with Crippen LogP contribution in [-0.2, 0) is 4.74 Å². The average Bonchev–Trinajstić information content (AvgIpc) is 3.26. The maximum atomic E-state index is 12.7. The molecule has 1 unspecified atom stereocenters. The minimum absolute atomic E-state index is 0.0304. The van der Waals surface area contributed by atoms with E-state index < -0.39 is 29.7 Å². The molecular formula is C25H24Cl3N3O6. The second-order valence-corrected chi connectivity index (χ2v) is 10.3. The van der Waals surface area contributed by atoms with Crippen LogP contribution in [-0.4, -0.2) is 56.9 Å². The highest BCUT2D eigenvalue weighted by Gasteiger charge is 2.28. The number of amides is 1. The summed E-state index contributed by atoms with van der Waals surface area (Å²) in [6.45, 7) is 5.31. The van der Waals surface area contributed by atoms with E-state index in [4.69, 9.17) is 44.3 Å². The van der Waals surface area contributed by atoms with Crippen LogP contribution < -0.4 is 4.74 Å². The van der Waals surface area contributed by atoms with Gasteiger partial charge < -0.3 is 19.5 Å². The van der Waals surface area contributed by atoms with E-state index in [0.29, 0.717) is 5.56 Å². The Bertz CT molecular complexity index is 1290. The quantitative estimate of drug-likeness (QED) is 0.264. The summed E-state index contributed by atoms with van der Waals surface area (Å²) in [4.78, 5) is 42.5. The van der Waals surface area contributed by atoms with Crippen molar-refractivity contribution in [1.82, 2.24) is 14.5 Å². The lowest BCUT2D eigenvalue weighted by molar-refractivity contribution is 0.0292. The predicted octanol–water partition coefficient (Wildman–Crippen LogP) is 6.59. The molecule has 196 valence electrons. The third kappa shape index (κ3) is 7.15. The number of hydrogen-bond donors (Lipinski definition) is 1. The molecule has 1 N–H and O–H groups in total. The van der Waals surface area contributed by atoms with Crippen molar-refractivity contribution in [1.29, 1.82) is 0 Å². The van der Waals surface area contributed by atoms with Crippen LogP contribution in [0.25, 0.3) is 0 Å². The zero-order chi connectivity index (χ0) is 27.5. The predicted molar refractivity (Wildman–Crippen MR) is 139 cm³/mol. The molecule has 0 fully saturated rings. The van der Waals surface area contributed by atoms with Crippen LogP contribution in [0.5, 0.6) is 5.75 Å². The van der Waals surface area contributed by atoms with E-state index in [9.17, 15) is 19.5 Å². The van der Waals surface area contributed by atoms with Crippen molar-refractivity contribution in [3.8, 4) is 5.75 Å². The number of carbonyl (C=O) groups is 3. The van der Waals surface area contributed by atoms with Crippen molar-refractivity contribution in [3.05, 3.63) is 80.8 Å². The highest BCUT2D eigenvalue weighted by atomic mass is 35.5. The number of hydrogen-bond acceptors (Lipinski definition) is 6. The lowest BCUT2D eigenvalue weighted by Gasteiger charge is -2.27. The number of aromatic nitrogens is 2. The van der Waals surface area contributed by atoms with Crippen molar-refractivity contribution in [2.24, 2.45) is 0 Å². The first-order valence-corrected chi connectivity index (χ1v) is 12.1. The maximum absolute atomic E-state index is 12.7. The average molecular weight is 569 g/mol. The summed E-state index contributed by atoms with van der Waals surface area (Å²) in [6.07, 6.45) is 0.876. The molecule has 0 aliphatic carbocycles. The molecule has 1 aromatic heterocycles. The normalized spacial score (nSPS) is 12.1. The fourth-order valence-corrected chi connectivity index (χ4v) is 4.39. The van der Waals surface area contributed by atoms with Gasteiger partial charge in [-0.05, 0) is 50.6 Å². The molecule has 1 amide bonds. The minimum Gasteiger partial charge on any atom is -0.464 e. The molecule has 1 heterocycles. The number of esters is 1. The Kier molecular flexibility index (Phi) is 8.73. The van der Waals surface area contributed by atoms with Crippen LogP contribution in [0.3, 0.4) is 0 Å². The van der Waals surface area contributed by atoms with Crippen LogP contribution in [0.4, 0.5) is 9.59 Å². The van der Waals surface area contributed by atoms with Crippen LogP contribution in [0.15, 0.2) is 48.8 Å². The monoisotopic (exact) mass is 567 g/mol. The zero-order valence-electron chi connectivity index (χ0n) is 20.4. The van der Waals surface area contributed by atoms with E-state index in [1.54, 1.807) is 40.0 Å². The first-order valence-electron chi connectivity index (χ1n) is 10.9. The van der Waals surface area contributed by atoms with E-state index in [1.807, 2.05) is 0 Å². The summed E-state index contributed by atoms with van der Waals surface area (Å²) in [5.41, 5.74) is -0.120. The van der Waals surface area contributed by atoms with E-state index in [2.05, 4.69) is 4.98 Å². The largest absolute Gasteiger partial charge is 0.464 e. The molecule has 1 atom stereocenters. The molecule has 3 aromatic rings. The summed E-state index contributed by atoms with van der Waals surface area (Å²) < 4.78 is 11.8. The fourth-order valence-electron chi connectivity index (χ4n) is 3.42. The van der Waals surface area contributed by atoms with Gasteiger partial charge >= 0.3 is 18.2 Å². The highest BCUT2D eigenvalue weighted by Crippen LogP contribution is 2.31. The summed E-state index contributed by atoms with van der Waals surface area (Å²) in [6, 6.07) is 9.10. The molecular weight excluding hydrogens is 545 g/mol. The summed E-state index contributed by atoms with van der Waals surface area (Å²) in [5, 5.41) is 9.96. The number of halogens is 3. The second kappa shape index (κ2) is 11.4. The van der Waals surface area contributed by atoms with Crippen LogP contribution in [0.1, 0.15) is 48.4 Å². The summed E-state index contributed by atoms with van der Waals surface area (Å²) >= 11 is 18.1. The molecule has 37 heavy (non-hydrogen) atoms. The lowest BCUT2D eigenvalue weighted by atomic mass is 9.97. The molecule has 12 heteroatoms. The Morgan fingerprint density at radius 3 is 2.22 bits per heavy atom. The third-order valence-corrected chi connectivity index (χ3v) is 5.87. The van der Waals surface area contributed by atoms with Crippen molar-refractivity contribution < 1.29 is 29.0 Å². The van der Waals surface area contributed by atoms with Crippen LogP contribution >= 0.6 is 34.8 Å². The number of carbonyl (C=O) groups excluding carboxylic acids is 2. The van der Waals surface area contributed by atoms with Gasteiger partial charge in [0.2, 0.25) is 0 Å². The number of ether oxygens (including phenoxy) is 2. The van der Waals surface area contributed by atoms with Crippen molar-refractivity contribution in [3.63, 3.8) is 0 Å². The highest BCUT2D eigenvalue weighted by molar-refractivity contribution is 6.41. The second-order valence-electron chi connectivity index (χ2n) is 9.05. The van der Waals surface area contributed by atoms with Crippen LogP contribution in [0, 0.1) is 0 Å². The Morgan fingerprint density at radius 2 is 1.68 bits per heavy atom. The zero-order valence-corrected chi connectivity index (χ0v) is 22.6. The molecule has 0 saturated carbocycles. The molecule has 0 spiro atoms. The van der Waals surface area contributed by atoms with Crippen molar-refractivity contribution in [2.75, 3.05) is 13.6 Å². The molecule has 2 aromatic carbocycles. The number of likely N-dealkylation sites (N-methyl/N-ethyl adjacent to an activating group) is 1. The van der Waals surface area contributed by atoms with Gasteiger partial charge in [0.05, 0.1) is 21.5 Å². The van der Waals surface area contributed by atoms with E-state index in [1.165, 1.54) is 41.6 Å². The van der Waals surface area contributed by atoms with Gasteiger partial charge in [0.1, 0.15) is 17.2 Å². The Hall–Kier alpha value is -3.27. The molecule has 0 saturated heterocycles. The number of imidazole rings is 1. The molecule has 0 radical (unpaired) electrons. The Labute approximate surface area is 228 Å². The number of rotatable bonds is 6. The van der Waals surface area contributed by atoms with Gasteiger partial charge in [-0.2, -0.15) is 0 Å². The number of carboxylic acid groups (broad SMARTS) is 1. The first kappa shape index (κ1) is 28.3. The molecule has 9 nitrogen and oxygen atoms in total. The molecule has 0 aliphatic rings. The molecule has 3 rings (SSSR count). The smallest absolute Gasteiger partial charge is 0.417 e. The van der Waals surface area contributed by atoms with Gasteiger partial charge in [0.15, 0.2) is 0 Å². The van der Waals surface area contributed by atoms with E-state index in [-0.39, 0.29) is 38.8 Å². The van der Waals surface area contributed by atoms with Gasteiger partial charge in [0.25, 0.3) is 0 Å². The lowest BCUT2D eigenvalue weighted by Crippen LogP contribution is -2.37. The molecule has 0 aliphatic heterocycles. The topological polar surface area (TPSA) is 111 Å². The molecule has 0 bridgehead atoms. The first-order chi connectivity index (χ1) is 17.3.